The highest BCUT2D eigenvalue weighted by Gasteiger charge is 2.30. The van der Waals surface area contributed by atoms with E-state index in [0.29, 0.717) is 13.0 Å². The lowest BCUT2D eigenvalue weighted by Crippen LogP contribution is -2.42. The number of nitrogens with zero attached hydrogens (tertiary/aromatic N) is 2. The van der Waals surface area contributed by atoms with Gasteiger partial charge in [0.25, 0.3) is 0 Å². The molecular formula is C20H20ClF2N3O3. The van der Waals surface area contributed by atoms with Crippen LogP contribution in [0, 0.1) is 11.6 Å². The minimum absolute atomic E-state index is 0.138. The largest absolute Gasteiger partial charge is 0.391 e. The molecule has 0 aromatic heterocycles. The molecule has 1 atom stereocenters. The number of β-amino-alcohol motifs (C(OH)–C–C–N with tert-alkyl or cyclic N) is 1. The minimum atomic E-state index is -0.670. The number of aliphatic hydroxyl groups is 1. The van der Waals surface area contributed by atoms with Gasteiger partial charge in [-0.2, -0.15) is 0 Å². The summed E-state index contributed by atoms with van der Waals surface area (Å²) < 4.78 is 28.2. The molecule has 0 bridgehead atoms. The normalized spacial score (nSPS) is 16.2. The maximum Gasteiger partial charge on any atom is 0.324 e. The van der Waals surface area contributed by atoms with Crippen molar-refractivity contribution in [1.82, 2.24) is 4.90 Å². The fraction of sp³-hybridized carbons (Fsp3) is 0.300. The lowest BCUT2D eigenvalue weighted by atomic mass is 10.1. The Kier molecular flexibility index (Phi) is 6.46. The van der Waals surface area contributed by atoms with Crippen LogP contribution in [0.4, 0.5) is 19.3 Å². The summed E-state index contributed by atoms with van der Waals surface area (Å²) in [4.78, 5) is 27.4. The van der Waals surface area contributed by atoms with Crippen molar-refractivity contribution < 1.29 is 23.5 Å². The van der Waals surface area contributed by atoms with Gasteiger partial charge in [-0.15, -0.1) is 0 Å². The Hall–Kier alpha value is -2.55. The zero-order valence-corrected chi connectivity index (χ0v) is 16.2. The van der Waals surface area contributed by atoms with Gasteiger partial charge < -0.3 is 15.7 Å². The highest BCUT2D eigenvalue weighted by molar-refractivity contribution is 6.31. The standard InChI is InChI=1S/C20H20ClF2N3O3/c21-16-8-14(3-4-17(16)22)26(20(29)25-6-5-15(27)11-25)10-13-2-1-12(7-18(13)23)19(28)9-24/h1-4,7-8,15,27H,5-6,9-11,24H2/t15-/m1/s1. The molecule has 0 spiro atoms. The molecular weight excluding hydrogens is 404 g/mol. The number of anilines is 1. The SMILES string of the molecule is NCC(=O)c1ccc(CN(C(=O)N2CC[C@@H](O)C2)c2ccc(F)c(Cl)c2)c(F)c1. The summed E-state index contributed by atoms with van der Waals surface area (Å²) in [5.74, 6) is -1.72. The van der Waals surface area contributed by atoms with E-state index in [1.54, 1.807) is 0 Å². The Morgan fingerprint density at radius 3 is 2.55 bits per heavy atom. The van der Waals surface area contributed by atoms with E-state index in [2.05, 4.69) is 0 Å². The van der Waals surface area contributed by atoms with Crippen molar-refractivity contribution in [3.8, 4) is 0 Å². The Balaban J connectivity index is 1.93. The Morgan fingerprint density at radius 1 is 1.21 bits per heavy atom. The highest BCUT2D eigenvalue weighted by Crippen LogP contribution is 2.27. The molecule has 0 aliphatic carbocycles. The van der Waals surface area contributed by atoms with E-state index in [9.17, 15) is 23.5 Å². The van der Waals surface area contributed by atoms with Crippen LogP contribution < -0.4 is 10.6 Å². The fourth-order valence-corrected chi connectivity index (χ4v) is 3.32. The number of hydrogen-bond acceptors (Lipinski definition) is 4. The van der Waals surface area contributed by atoms with Crippen LogP contribution >= 0.6 is 11.6 Å². The third-order valence-electron chi connectivity index (χ3n) is 4.77. The molecule has 1 heterocycles. The Labute approximate surface area is 171 Å². The van der Waals surface area contributed by atoms with E-state index in [1.807, 2.05) is 0 Å². The van der Waals surface area contributed by atoms with Gasteiger partial charge in [0.15, 0.2) is 5.78 Å². The maximum absolute atomic E-state index is 14.6. The second-order valence-electron chi connectivity index (χ2n) is 6.79. The molecule has 9 heteroatoms. The van der Waals surface area contributed by atoms with Gasteiger partial charge >= 0.3 is 6.03 Å². The molecule has 29 heavy (non-hydrogen) atoms. The van der Waals surface area contributed by atoms with Crippen LogP contribution in [0.5, 0.6) is 0 Å². The third kappa shape index (κ3) is 4.72. The maximum atomic E-state index is 14.6. The quantitative estimate of drug-likeness (QED) is 0.724. The first-order valence-corrected chi connectivity index (χ1v) is 9.39. The summed E-state index contributed by atoms with van der Waals surface area (Å²) in [5, 5.41) is 9.56. The number of hydrogen-bond donors (Lipinski definition) is 2. The van der Waals surface area contributed by atoms with Crippen molar-refractivity contribution in [2.24, 2.45) is 5.73 Å². The Bertz CT molecular complexity index is 941. The molecule has 1 fully saturated rings. The van der Waals surface area contributed by atoms with Crippen molar-refractivity contribution in [3.63, 3.8) is 0 Å². The van der Waals surface area contributed by atoms with Crippen molar-refractivity contribution >= 4 is 29.1 Å². The number of nitrogens with two attached hydrogens (primary N) is 1. The van der Waals surface area contributed by atoms with Crippen LogP contribution in [0.3, 0.4) is 0 Å². The van der Waals surface area contributed by atoms with E-state index < -0.39 is 29.6 Å². The minimum Gasteiger partial charge on any atom is -0.391 e. The summed E-state index contributed by atoms with van der Waals surface area (Å²) in [7, 11) is 0. The first kappa shape index (κ1) is 21.2. The fourth-order valence-electron chi connectivity index (χ4n) is 3.15. The summed E-state index contributed by atoms with van der Waals surface area (Å²) in [6.45, 7) is 0.0829. The van der Waals surface area contributed by atoms with E-state index in [1.165, 1.54) is 34.1 Å². The van der Waals surface area contributed by atoms with E-state index >= 15 is 0 Å². The molecule has 154 valence electrons. The Morgan fingerprint density at radius 2 is 1.97 bits per heavy atom. The van der Waals surface area contributed by atoms with Gasteiger partial charge in [0, 0.05) is 29.9 Å². The van der Waals surface area contributed by atoms with Gasteiger partial charge in [-0.1, -0.05) is 23.7 Å². The van der Waals surface area contributed by atoms with E-state index in [-0.39, 0.29) is 41.5 Å². The van der Waals surface area contributed by atoms with Crippen molar-refractivity contribution in [3.05, 3.63) is 64.2 Å². The van der Waals surface area contributed by atoms with Gasteiger partial charge in [-0.05, 0) is 30.7 Å². The van der Waals surface area contributed by atoms with Crippen molar-refractivity contribution in [2.75, 3.05) is 24.5 Å². The summed E-state index contributed by atoms with van der Waals surface area (Å²) >= 11 is 5.86. The number of urea groups is 1. The smallest absolute Gasteiger partial charge is 0.324 e. The molecule has 1 aliphatic rings. The zero-order valence-electron chi connectivity index (χ0n) is 15.4. The van der Waals surface area contributed by atoms with Crippen molar-refractivity contribution in [1.29, 1.82) is 0 Å². The van der Waals surface area contributed by atoms with Gasteiger partial charge in [0.2, 0.25) is 0 Å². The summed E-state index contributed by atoms with van der Waals surface area (Å²) in [6, 6.07) is 7.23. The second-order valence-corrected chi connectivity index (χ2v) is 7.20. The molecule has 1 saturated heterocycles. The molecule has 0 unspecified atom stereocenters. The molecule has 1 aliphatic heterocycles. The second kappa shape index (κ2) is 8.86. The average Bonchev–Trinajstić information content (AvgIpc) is 3.14. The van der Waals surface area contributed by atoms with Crippen LogP contribution in [0.25, 0.3) is 0 Å². The molecule has 3 rings (SSSR count). The highest BCUT2D eigenvalue weighted by atomic mass is 35.5. The van der Waals surface area contributed by atoms with Crippen LogP contribution in [-0.4, -0.2) is 47.6 Å². The first-order chi connectivity index (χ1) is 13.8. The van der Waals surface area contributed by atoms with Crippen molar-refractivity contribution in [2.45, 2.75) is 19.1 Å². The molecule has 0 radical (unpaired) electrons. The van der Waals surface area contributed by atoms with E-state index in [4.69, 9.17) is 17.3 Å². The number of benzene rings is 2. The molecule has 3 N–H and O–H groups in total. The molecule has 2 aromatic rings. The van der Waals surface area contributed by atoms with Gasteiger partial charge in [-0.3, -0.25) is 9.69 Å². The number of amides is 2. The predicted octanol–water partition coefficient (Wildman–Crippen LogP) is 2.95. The number of Topliss-reactive ketones (excluding diaryl/α,β-unsaturated/α-hetero) is 1. The number of rotatable bonds is 5. The van der Waals surface area contributed by atoms with Crippen LogP contribution in [-0.2, 0) is 6.54 Å². The number of aliphatic hydroxyl groups excluding tert-OH is 1. The molecule has 2 aromatic carbocycles. The zero-order chi connectivity index (χ0) is 21.1. The van der Waals surface area contributed by atoms with Crippen LogP contribution in [0.15, 0.2) is 36.4 Å². The predicted molar refractivity (Wildman–Crippen MR) is 105 cm³/mol. The molecule has 2 amide bonds. The number of ketones is 1. The lowest BCUT2D eigenvalue weighted by molar-refractivity contribution is 0.100. The summed E-state index contributed by atoms with van der Waals surface area (Å²) in [5.41, 5.74) is 5.88. The average molecular weight is 424 g/mol. The molecule has 0 saturated carbocycles. The van der Waals surface area contributed by atoms with Gasteiger partial charge in [0.1, 0.15) is 11.6 Å². The van der Waals surface area contributed by atoms with Crippen LogP contribution in [0.2, 0.25) is 5.02 Å². The van der Waals surface area contributed by atoms with E-state index in [0.717, 1.165) is 12.1 Å². The monoisotopic (exact) mass is 423 g/mol. The number of carbonyl (C=O) groups excluding carboxylic acids is 2. The number of likely N-dealkylation sites (tertiary alicyclic amines) is 1. The van der Waals surface area contributed by atoms with Gasteiger partial charge in [-0.25, -0.2) is 13.6 Å². The van der Waals surface area contributed by atoms with Gasteiger partial charge in [0.05, 0.1) is 24.2 Å². The number of carbonyl (C=O) groups is 2. The van der Waals surface area contributed by atoms with Crippen LogP contribution in [0.1, 0.15) is 22.3 Å². The summed E-state index contributed by atoms with van der Waals surface area (Å²) in [6.07, 6.45) is -0.190. The lowest BCUT2D eigenvalue weighted by Gasteiger charge is -2.28. The third-order valence-corrected chi connectivity index (χ3v) is 5.06. The molecule has 6 nitrogen and oxygen atoms in total. The number of halogens is 3. The topological polar surface area (TPSA) is 86.9 Å². The first-order valence-electron chi connectivity index (χ1n) is 9.01.